The van der Waals surface area contributed by atoms with E-state index in [9.17, 15) is 5.11 Å². The van der Waals surface area contributed by atoms with Gasteiger partial charge in [0.05, 0.1) is 12.7 Å². The lowest BCUT2D eigenvalue weighted by Crippen LogP contribution is -2.57. The Hall–Kier alpha value is -0.800. The van der Waals surface area contributed by atoms with Crippen molar-refractivity contribution in [3.63, 3.8) is 0 Å². The summed E-state index contributed by atoms with van der Waals surface area (Å²) in [5, 5.41) is 13.6. The summed E-state index contributed by atoms with van der Waals surface area (Å²) in [6.07, 6.45) is 26.1. The molecule has 26 heavy (non-hydrogen) atoms. The van der Waals surface area contributed by atoms with Crippen molar-refractivity contribution >= 4 is 0 Å². The van der Waals surface area contributed by atoms with E-state index in [2.05, 4.69) is 37.5 Å². The molecule has 0 fully saturated rings. The molecule has 0 saturated heterocycles. The highest BCUT2D eigenvalue weighted by molar-refractivity contribution is 4.85. The maximum Gasteiger partial charge on any atom is 0.193 e. The van der Waals surface area contributed by atoms with Crippen molar-refractivity contribution in [2.24, 2.45) is 0 Å². The minimum atomic E-state index is -0.340. The van der Waals surface area contributed by atoms with Gasteiger partial charge in [-0.1, -0.05) is 64.0 Å². The first kappa shape index (κ1) is 23.2. The lowest BCUT2D eigenvalue weighted by atomic mass is 10.1. The maximum absolute atomic E-state index is 10.2. The zero-order chi connectivity index (χ0) is 19.1. The van der Waals surface area contributed by atoms with Gasteiger partial charge in [-0.05, 0) is 39.0 Å². The van der Waals surface area contributed by atoms with Crippen LogP contribution in [-0.2, 0) is 0 Å². The van der Waals surface area contributed by atoms with E-state index in [1.807, 2.05) is 13.1 Å². The molecule has 0 saturated carbocycles. The van der Waals surface area contributed by atoms with Crippen molar-refractivity contribution < 1.29 is 9.59 Å². The first-order valence-electron chi connectivity index (χ1n) is 11.3. The van der Waals surface area contributed by atoms with Crippen molar-refractivity contribution in [1.29, 1.82) is 0 Å². The van der Waals surface area contributed by atoms with Crippen molar-refractivity contribution in [2.75, 3.05) is 6.54 Å². The van der Waals surface area contributed by atoms with Gasteiger partial charge in [0, 0.05) is 13.3 Å². The van der Waals surface area contributed by atoms with Gasteiger partial charge in [-0.3, -0.25) is 4.48 Å². The zero-order valence-electron chi connectivity index (χ0n) is 17.8. The second-order valence-electron chi connectivity index (χ2n) is 7.96. The topological polar surface area (TPSA) is 32.3 Å². The number of hydrogen-bond donors (Lipinski definition) is 2. The maximum atomic E-state index is 10.2. The van der Waals surface area contributed by atoms with E-state index < -0.39 is 0 Å². The predicted molar refractivity (Wildman–Crippen MR) is 113 cm³/mol. The van der Waals surface area contributed by atoms with E-state index in [0.717, 1.165) is 13.0 Å². The van der Waals surface area contributed by atoms with E-state index in [0.29, 0.717) is 10.6 Å². The molecule has 1 rings (SSSR count). The second kappa shape index (κ2) is 14.3. The van der Waals surface area contributed by atoms with Crippen LogP contribution in [0.5, 0.6) is 0 Å². The number of hydrogen-bond acceptors (Lipinski definition) is 2. The highest BCUT2D eigenvalue weighted by Crippen LogP contribution is 2.25. The summed E-state index contributed by atoms with van der Waals surface area (Å²) in [4.78, 5) is 0. The van der Waals surface area contributed by atoms with Crippen LogP contribution in [0.3, 0.4) is 0 Å². The van der Waals surface area contributed by atoms with E-state index in [-0.39, 0.29) is 6.23 Å². The fourth-order valence-corrected chi connectivity index (χ4v) is 4.07. The van der Waals surface area contributed by atoms with Crippen LogP contribution in [0.25, 0.3) is 0 Å². The van der Waals surface area contributed by atoms with E-state index in [1.165, 1.54) is 77.0 Å². The molecule has 0 radical (unpaired) electrons. The molecule has 1 aliphatic heterocycles. The molecule has 3 atom stereocenters. The van der Waals surface area contributed by atoms with Gasteiger partial charge in [-0.2, -0.15) is 0 Å². The lowest BCUT2D eigenvalue weighted by Gasteiger charge is -2.39. The van der Waals surface area contributed by atoms with Crippen molar-refractivity contribution in [1.82, 2.24) is 5.32 Å². The quantitative estimate of drug-likeness (QED) is 0.194. The molecular weight excluding hydrogens is 320 g/mol. The Morgan fingerprint density at radius 2 is 1.50 bits per heavy atom. The molecule has 1 heterocycles. The Labute approximate surface area is 163 Å². The van der Waals surface area contributed by atoms with Crippen LogP contribution < -0.4 is 5.32 Å². The fraction of sp³-hybridized carbons (Fsp3) is 0.826. The summed E-state index contributed by atoms with van der Waals surface area (Å²) in [6, 6.07) is 0. The molecule has 2 N–H and O–H groups in total. The van der Waals surface area contributed by atoms with Gasteiger partial charge in [-0.25, -0.2) is 0 Å². The van der Waals surface area contributed by atoms with Crippen LogP contribution >= 0.6 is 0 Å². The number of quaternary nitrogens is 1. The summed E-state index contributed by atoms with van der Waals surface area (Å²) in [5.41, 5.74) is 0. The molecular formula is C23H45N2O+. The molecule has 3 nitrogen and oxygen atoms in total. The number of unbranched alkanes of at least 4 members (excludes halogenated alkanes) is 10. The SMILES string of the molecule is CCCCCCCC/C=C/CCCCCCC1NC=C[N+]1(CC)C(C)O. The second-order valence-corrected chi connectivity index (χ2v) is 7.96. The van der Waals surface area contributed by atoms with Crippen LogP contribution in [0.2, 0.25) is 0 Å². The number of nitrogens with zero attached hydrogens (tertiary/aromatic N) is 1. The van der Waals surface area contributed by atoms with Crippen LogP contribution in [0.1, 0.15) is 104 Å². The molecule has 1 aliphatic rings. The third-order valence-electron chi connectivity index (χ3n) is 5.95. The Kier molecular flexibility index (Phi) is 12.8. The third kappa shape index (κ3) is 8.26. The fourth-order valence-electron chi connectivity index (χ4n) is 4.07. The first-order chi connectivity index (χ1) is 12.7. The van der Waals surface area contributed by atoms with Crippen LogP contribution in [0.4, 0.5) is 0 Å². The average molecular weight is 366 g/mol. The van der Waals surface area contributed by atoms with Gasteiger partial charge in [0.15, 0.2) is 12.4 Å². The Balaban J connectivity index is 1.97. The van der Waals surface area contributed by atoms with Crippen molar-refractivity contribution in [3.8, 4) is 0 Å². The summed E-state index contributed by atoms with van der Waals surface area (Å²) < 4.78 is 0.668. The monoisotopic (exact) mass is 365 g/mol. The standard InChI is InChI=1S/C23H45N2O/c1-4-6-7-8-9-10-11-12-13-14-15-16-17-18-19-23-24-20-21-25(23,5-2)22(3)26/h12-13,20-24,26H,4-11,14-19H2,1-3H3/q+1/b13-12+. The lowest BCUT2D eigenvalue weighted by molar-refractivity contribution is -0.942. The molecule has 0 spiro atoms. The van der Waals surface area contributed by atoms with Crippen LogP contribution in [0, 0.1) is 0 Å². The van der Waals surface area contributed by atoms with Crippen molar-refractivity contribution in [3.05, 3.63) is 24.6 Å². The molecule has 3 heteroatoms. The predicted octanol–water partition coefficient (Wildman–Crippen LogP) is 6.21. The normalized spacial score (nSPS) is 23.6. The summed E-state index contributed by atoms with van der Waals surface area (Å²) in [6.45, 7) is 7.29. The van der Waals surface area contributed by atoms with Crippen molar-refractivity contribution in [2.45, 2.75) is 117 Å². The van der Waals surface area contributed by atoms with Gasteiger partial charge < -0.3 is 10.4 Å². The van der Waals surface area contributed by atoms with E-state index >= 15 is 0 Å². The van der Waals surface area contributed by atoms with Gasteiger partial charge in [-0.15, -0.1) is 0 Å². The number of rotatable bonds is 16. The van der Waals surface area contributed by atoms with Crippen LogP contribution in [0.15, 0.2) is 24.6 Å². The first-order valence-corrected chi connectivity index (χ1v) is 11.3. The Morgan fingerprint density at radius 1 is 0.923 bits per heavy atom. The van der Waals surface area contributed by atoms with Gasteiger partial charge >= 0.3 is 0 Å². The smallest absolute Gasteiger partial charge is 0.193 e. The molecule has 0 aromatic carbocycles. The summed E-state index contributed by atoms with van der Waals surface area (Å²) in [5.74, 6) is 0. The zero-order valence-corrected chi connectivity index (χ0v) is 17.8. The largest absolute Gasteiger partial charge is 0.345 e. The number of aliphatic hydroxyl groups is 1. The Bertz CT molecular complexity index is 392. The average Bonchev–Trinajstić information content (AvgIpc) is 3.06. The van der Waals surface area contributed by atoms with Gasteiger partial charge in [0.2, 0.25) is 0 Å². The van der Waals surface area contributed by atoms with Gasteiger partial charge in [0.25, 0.3) is 0 Å². The highest BCUT2D eigenvalue weighted by Gasteiger charge is 2.40. The minimum absolute atomic E-state index is 0.340. The van der Waals surface area contributed by atoms with Gasteiger partial charge in [0.1, 0.15) is 6.20 Å². The molecule has 0 amide bonds. The van der Waals surface area contributed by atoms with E-state index in [1.54, 1.807) is 0 Å². The molecule has 3 unspecified atom stereocenters. The molecule has 0 aromatic heterocycles. The Morgan fingerprint density at radius 3 is 2.08 bits per heavy atom. The minimum Gasteiger partial charge on any atom is -0.345 e. The molecule has 0 aromatic rings. The molecule has 152 valence electrons. The number of allylic oxidation sites excluding steroid dienone is 2. The number of nitrogens with one attached hydrogen (secondary N) is 1. The van der Waals surface area contributed by atoms with E-state index in [4.69, 9.17) is 0 Å². The van der Waals surface area contributed by atoms with Crippen LogP contribution in [-0.4, -0.2) is 28.5 Å². The molecule has 0 aliphatic carbocycles. The molecule has 0 bridgehead atoms. The summed E-state index contributed by atoms with van der Waals surface area (Å²) in [7, 11) is 0. The number of aliphatic hydroxyl groups excluding tert-OH is 1. The summed E-state index contributed by atoms with van der Waals surface area (Å²) >= 11 is 0. The highest BCUT2D eigenvalue weighted by atomic mass is 16.3. The third-order valence-corrected chi connectivity index (χ3v) is 5.95.